The molecule has 0 aliphatic heterocycles. The first-order chi connectivity index (χ1) is 16.5. The number of ether oxygens (including phenoxy) is 1. The highest BCUT2D eigenvalue weighted by Gasteiger charge is 2.29. The van der Waals surface area contributed by atoms with E-state index >= 15 is 0 Å². The van der Waals surface area contributed by atoms with Crippen LogP contribution in [0.5, 0.6) is 5.75 Å². The third-order valence-electron chi connectivity index (χ3n) is 7.22. The predicted octanol–water partition coefficient (Wildman–Crippen LogP) is 5.74. The van der Waals surface area contributed by atoms with Crippen LogP contribution in [0.4, 0.5) is 0 Å². The fourth-order valence-electron chi connectivity index (χ4n) is 5.32. The molecule has 4 heteroatoms. The van der Waals surface area contributed by atoms with Crippen LogP contribution in [0.15, 0.2) is 66.7 Å². The van der Waals surface area contributed by atoms with Gasteiger partial charge in [0.15, 0.2) is 0 Å². The van der Waals surface area contributed by atoms with Crippen molar-refractivity contribution in [1.29, 1.82) is 0 Å². The predicted molar refractivity (Wildman–Crippen MR) is 137 cm³/mol. The molecule has 3 aromatic carbocycles. The van der Waals surface area contributed by atoms with E-state index in [0.29, 0.717) is 6.54 Å². The first kappa shape index (κ1) is 22.3. The van der Waals surface area contributed by atoms with Gasteiger partial charge in [0, 0.05) is 41.2 Å². The molecular weight excluding hydrogens is 420 g/mol. The summed E-state index contributed by atoms with van der Waals surface area (Å²) >= 11 is 0. The molecule has 0 fully saturated rings. The zero-order valence-electron chi connectivity index (χ0n) is 20.2. The van der Waals surface area contributed by atoms with Crippen molar-refractivity contribution < 1.29 is 9.53 Å². The largest absolute Gasteiger partial charge is 0.496 e. The molecule has 1 N–H and O–H groups in total. The van der Waals surface area contributed by atoms with E-state index in [-0.39, 0.29) is 11.8 Å². The average Bonchev–Trinajstić information content (AvgIpc) is 3.18. The number of para-hydroxylation sites is 2. The van der Waals surface area contributed by atoms with Crippen LogP contribution in [0, 0.1) is 19.8 Å². The van der Waals surface area contributed by atoms with E-state index in [1.807, 2.05) is 24.3 Å². The molecule has 0 saturated carbocycles. The Morgan fingerprint density at radius 1 is 1.03 bits per heavy atom. The van der Waals surface area contributed by atoms with Crippen molar-refractivity contribution in [2.75, 3.05) is 7.11 Å². The summed E-state index contributed by atoms with van der Waals surface area (Å²) in [5, 5.41) is 4.44. The van der Waals surface area contributed by atoms with E-state index in [9.17, 15) is 4.79 Å². The summed E-state index contributed by atoms with van der Waals surface area (Å²) in [6.07, 6.45) is 2.57. The topological polar surface area (TPSA) is 43.3 Å². The number of hydrogen-bond acceptors (Lipinski definition) is 2. The zero-order valence-corrected chi connectivity index (χ0v) is 20.2. The van der Waals surface area contributed by atoms with E-state index in [1.165, 1.54) is 38.9 Å². The second-order valence-electron chi connectivity index (χ2n) is 9.43. The van der Waals surface area contributed by atoms with Crippen LogP contribution in [-0.4, -0.2) is 17.6 Å². The first-order valence-corrected chi connectivity index (χ1v) is 12.1. The van der Waals surface area contributed by atoms with Gasteiger partial charge in [-0.25, -0.2) is 0 Å². The summed E-state index contributed by atoms with van der Waals surface area (Å²) < 4.78 is 7.91. The van der Waals surface area contributed by atoms with Gasteiger partial charge < -0.3 is 14.6 Å². The smallest absolute Gasteiger partial charge is 0.223 e. The summed E-state index contributed by atoms with van der Waals surface area (Å²) in [6.45, 7) is 5.70. The minimum atomic E-state index is -0.0119. The number of methoxy groups -OCH3 is 1. The Hall–Kier alpha value is -3.53. The van der Waals surface area contributed by atoms with Crippen LogP contribution in [-0.2, 0) is 30.7 Å². The number of rotatable bonds is 6. The maximum atomic E-state index is 13.1. The molecule has 1 amide bonds. The van der Waals surface area contributed by atoms with Crippen molar-refractivity contribution >= 4 is 16.8 Å². The van der Waals surface area contributed by atoms with E-state index in [2.05, 4.69) is 66.2 Å². The number of fused-ring (bicyclic) bond motifs is 3. The molecule has 174 valence electrons. The van der Waals surface area contributed by atoms with Gasteiger partial charge in [-0.05, 0) is 61.9 Å². The second kappa shape index (κ2) is 9.38. The van der Waals surface area contributed by atoms with Crippen LogP contribution >= 0.6 is 0 Å². The minimum Gasteiger partial charge on any atom is -0.496 e. The number of hydrogen-bond donors (Lipinski definition) is 1. The molecule has 0 saturated heterocycles. The Bertz CT molecular complexity index is 1350. The normalized spacial score (nSPS) is 15.2. The summed E-state index contributed by atoms with van der Waals surface area (Å²) in [5.74, 6) is 0.924. The Morgan fingerprint density at radius 3 is 2.68 bits per heavy atom. The number of nitrogens with zero attached hydrogens (tertiary/aromatic N) is 1. The summed E-state index contributed by atoms with van der Waals surface area (Å²) in [6, 6.07) is 23.2. The van der Waals surface area contributed by atoms with Crippen LogP contribution in [0.2, 0.25) is 0 Å². The number of carbonyl (C=O) groups excluding carboxylic acids is 1. The average molecular weight is 453 g/mol. The lowest BCUT2D eigenvalue weighted by Gasteiger charge is -2.24. The molecule has 0 bridgehead atoms. The second-order valence-corrected chi connectivity index (χ2v) is 9.43. The van der Waals surface area contributed by atoms with Crippen molar-refractivity contribution in [2.24, 2.45) is 5.92 Å². The molecule has 0 spiro atoms. The molecule has 1 aliphatic rings. The molecule has 4 nitrogen and oxygen atoms in total. The molecule has 4 aromatic rings. The Balaban J connectivity index is 1.40. The van der Waals surface area contributed by atoms with Crippen LogP contribution in [0.3, 0.4) is 0 Å². The lowest BCUT2D eigenvalue weighted by atomic mass is 9.85. The summed E-state index contributed by atoms with van der Waals surface area (Å²) in [7, 11) is 1.66. The molecule has 1 atom stereocenters. The van der Waals surface area contributed by atoms with E-state index < -0.39 is 0 Å². The van der Waals surface area contributed by atoms with Gasteiger partial charge in [0.2, 0.25) is 5.91 Å². The van der Waals surface area contributed by atoms with Gasteiger partial charge in [-0.3, -0.25) is 4.79 Å². The fraction of sp³-hybridized carbons (Fsp3) is 0.300. The highest BCUT2D eigenvalue weighted by atomic mass is 16.5. The third-order valence-corrected chi connectivity index (χ3v) is 7.22. The van der Waals surface area contributed by atoms with Gasteiger partial charge >= 0.3 is 0 Å². The molecule has 1 aromatic heterocycles. The summed E-state index contributed by atoms with van der Waals surface area (Å²) in [4.78, 5) is 13.1. The number of nitrogens with one attached hydrogen (secondary N) is 1. The molecule has 1 unspecified atom stereocenters. The van der Waals surface area contributed by atoms with Crippen molar-refractivity contribution in [3.05, 3.63) is 100 Å². The monoisotopic (exact) mass is 452 g/mol. The number of aromatic nitrogens is 1. The molecule has 34 heavy (non-hydrogen) atoms. The lowest BCUT2D eigenvalue weighted by molar-refractivity contribution is -0.125. The molecule has 0 radical (unpaired) electrons. The van der Waals surface area contributed by atoms with Crippen LogP contribution < -0.4 is 10.1 Å². The Kier molecular flexibility index (Phi) is 6.14. The van der Waals surface area contributed by atoms with E-state index in [1.54, 1.807) is 7.11 Å². The van der Waals surface area contributed by atoms with E-state index in [0.717, 1.165) is 37.1 Å². The Labute approximate surface area is 201 Å². The summed E-state index contributed by atoms with van der Waals surface area (Å²) in [5.41, 5.74) is 8.96. The third kappa shape index (κ3) is 4.21. The maximum Gasteiger partial charge on any atom is 0.223 e. The van der Waals surface area contributed by atoms with Crippen molar-refractivity contribution in [3.8, 4) is 5.75 Å². The van der Waals surface area contributed by atoms with Crippen LogP contribution in [0.1, 0.15) is 39.9 Å². The van der Waals surface area contributed by atoms with Crippen molar-refractivity contribution in [1.82, 2.24) is 9.88 Å². The molecular formula is C30H32N2O2. The van der Waals surface area contributed by atoms with Gasteiger partial charge in [-0.1, -0.05) is 60.2 Å². The highest BCUT2D eigenvalue weighted by Crippen LogP contribution is 2.35. The Morgan fingerprint density at radius 2 is 1.82 bits per heavy atom. The number of amides is 1. The van der Waals surface area contributed by atoms with Crippen LogP contribution in [0.25, 0.3) is 10.9 Å². The maximum absolute atomic E-state index is 13.1. The van der Waals surface area contributed by atoms with Gasteiger partial charge in [0.1, 0.15) is 5.75 Å². The van der Waals surface area contributed by atoms with Gasteiger partial charge in [0.25, 0.3) is 0 Å². The molecule has 1 aliphatic carbocycles. The van der Waals surface area contributed by atoms with Gasteiger partial charge in [0.05, 0.1) is 7.11 Å². The number of carbonyl (C=O) groups is 1. The minimum absolute atomic E-state index is 0.0119. The first-order valence-electron chi connectivity index (χ1n) is 12.1. The molecule has 1 heterocycles. The van der Waals surface area contributed by atoms with Crippen molar-refractivity contribution in [3.63, 3.8) is 0 Å². The number of benzene rings is 3. The number of aryl methyl sites for hydroxylation is 2. The van der Waals surface area contributed by atoms with Crippen molar-refractivity contribution in [2.45, 2.75) is 46.2 Å². The molecule has 5 rings (SSSR count). The van der Waals surface area contributed by atoms with Gasteiger partial charge in [-0.2, -0.15) is 0 Å². The zero-order chi connectivity index (χ0) is 23.7. The van der Waals surface area contributed by atoms with Gasteiger partial charge in [-0.15, -0.1) is 0 Å². The highest BCUT2D eigenvalue weighted by molar-refractivity contribution is 5.88. The fourth-order valence-corrected chi connectivity index (χ4v) is 5.32. The standard InChI is InChI=1S/C30H32N2O2/c1-20-12-13-21(2)24(16-20)19-32-27-10-6-5-9-25(27)26-17-22(14-15-28(26)32)30(33)31-18-23-8-4-7-11-29(23)34-3/h4-13,16,22H,14-15,17-19H2,1-3H3,(H,31,33). The quantitative estimate of drug-likeness (QED) is 0.406. The van der Waals surface area contributed by atoms with E-state index in [4.69, 9.17) is 4.74 Å². The lowest BCUT2D eigenvalue weighted by Crippen LogP contribution is -2.34. The SMILES string of the molecule is COc1ccccc1CNC(=O)C1CCc2c(c3ccccc3n2Cc2cc(C)ccc2C)C1.